The molecule has 0 saturated carbocycles. The third-order valence-electron chi connectivity index (χ3n) is 2.83. The third-order valence-corrected chi connectivity index (χ3v) is 2.83. The molecule has 1 heterocycles. The second-order valence-electron chi connectivity index (χ2n) is 4.09. The molecular formula is C13H16FN3. The van der Waals surface area contributed by atoms with Crippen LogP contribution >= 0.6 is 0 Å². The Hall–Kier alpha value is -1.68. The van der Waals surface area contributed by atoms with Crippen molar-refractivity contribution in [3.8, 4) is 0 Å². The van der Waals surface area contributed by atoms with Gasteiger partial charge in [-0.1, -0.05) is 18.2 Å². The first kappa shape index (κ1) is 11.8. The molecule has 2 aromatic rings. The van der Waals surface area contributed by atoms with Crippen molar-refractivity contribution in [2.75, 3.05) is 7.05 Å². The molecular weight excluding hydrogens is 217 g/mol. The lowest BCUT2D eigenvalue weighted by Gasteiger charge is -2.16. The second-order valence-corrected chi connectivity index (χ2v) is 4.09. The molecule has 17 heavy (non-hydrogen) atoms. The number of benzene rings is 1. The monoisotopic (exact) mass is 233 g/mol. The summed E-state index contributed by atoms with van der Waals surface area (Å²) in [6.45, 7) is 0. The van der Waals surface area contributed by atoms with E-state index < -0.39 is 0 Å². The molecule has 0 aliphatic rings. The van der Waals surface area contributed by atoms with Crippen LogP contribution in [0.15, 0.2) is 36.7 Å². The van der Waals surface area contributed by atoms with Crippen LogP contribution in [0.4, 0.5) is 4.39 Å². The lowest BCUT2D eigenvalue weighted by atomic mass is 10.0. The van der Waals surface area contributed by atoms with E-state index in [-0.39, 0.29) is 11.9 Å². The van der Waals surface area contributed by atoms with Gasteiger partial charge in [0.1, 0.15) is 5.82 Å². The van der Waals surface area contributed by atoms with Gasteiger partial charge in [-0.3, -0.25) is 4.68 Å². The molecule has 90 valence electrons. The summed E-state index contributed by atoms with van der Waals surface area (Å²) in [4.78, 5) is 0. The zero-order valence-electron chi connectivity index (χ0n) is 10.0. The Balaban J connectivity index is 2.20. The predicted molar refractivity (Wildman–Crippen MR) is 65.1 cm³/mol. The minimum absolute atomic E-state index is 0.0274. The highest BCUT2D eigenvalue weighted by Crippen LogP contribution is 2.20. The van der Waals surface area contributed by atoms with Crippen LogP contribution < -0.4 is 5.32 Å². The Morgan fingerprint density at radius 2 is 2.18 bits per heavy atom. The van der Waals surface area contributed by atoms with Crippen molar-refractivity contribution in [3.05, 3.63) is 53.6 Å². The number of hydrogen-bond acceptors (Lipinski definition) is 2. The van der Waals surface area contributed by atoms with E-state index in [0.717, 1.165) is 12.0 Å². The average Bonchev–Trinajstić information content (AvgIpc) is 2.73. The van der Waals surface area contributed by atoms with Crippen LogP contribution in [-0.4, -0.2) is 16.8 Å². The highest BCUT2D eigenvalue weighted by molar-refractivity contribution is 5.23. The van der Waals surface area contributed by atoms with Gasteiger partial charge in [0.2, 0.25) is 0 Å². The first-order valence-corrected chi connectivity index (χ1v) is 5.60. The first-order valence-electron chi connectivity index (χ1n) is 5.60. The molecule has 0 saturated heterocycles. The molecule has 0 aliphatic heterocycles. The second kappa shape index (κ2) is 5.10. The summed E-state index contributed by atoms with van der Waals surface area (Å²) in [6.07, 6.45) is 4.49. The van der Waals surface area contributed by atoms with Crippen molar-refractivity contribution in [2.24, 2.45) is 7.05 Å². The fourth-order valence-corrected chi connectivity index (χ4v) is 1.94. The SMILES string of the molecule is CNC(Cc1cnn(C)c1)c1ccccc1F. The zero-order valence-corrected chi connectivity index (χ0v) is 10.0. The quantitative estimate of drug-likeness (QED) is 0.876. The largest absolute Gasteiger partial charge is 0.313 e. The van der Waals surface area contributed by atoms with Gasteiger partial charge >= 0.3 is 0 Å². The molecule has 0 amide bonds. The average molecular weight is 233 g/mol. The normalized spacial score (nSPS) is 12.6. The number of likely N-dealkylation sites (N-methyl/N-ethyl adjacent to an activating group) is 1. The van der Waals surface area contributed by atoms with E-state index in [1.165, 1.54) is 6.07 Å². The molecule has 1 aromatic carbocycles. The highest BCUT2D eigenvalue weighted by Gasteiger charge is 2.14. The molecule has 0 bridgehead atoms. The Morgan fingerprint density at radius 1 is 1.41 bits per heavy atom. The van der Waals surface area contributed by atoms with Crippen LogP contribution in [0.3, 0.4) is 0 Å². The van der Waals surface area contributed by atoms with Crippen molar-refractivity contribution in [3.63, 3.8) is 0 Å². The fraction of sp³-hybridized carbons (Fsp3) is 0.308. The Labute approximate surface area is 100 Å². The molecule has 1 atom stereocenters. The van der Waals surface area contributed by atoms with Crippen LogP contribution in [0.25, 0.3) is 0 Å². The fourth-order valence-electron chi connectivity index (χ4n) is 1.94. The summed E-state index contributed by atoms with van der Waals surface area (Å²) < 4.78 is 15.4. The minimum atomic E-state index is -0.171. The maximum absolute atomic E-state index is 13.7. The van der Waals surface area contributed by atoms with Crippen molar-refractivity contribution in [1.82, 2.24) is 15.1 Å². The lowest BCUT2D eigenvalue weighted by Crippen LogP contribution is -2.19. The van der Waals surface area contributed by atoms with Crippen LogP contribution in [0, 0.1) is 5.82 Å². The van der Waals surface area contributed by atoms with E-state index in [1.807, 2.05) is 38.6 Å². The number of nitrogens with zero attached hydrogens (tertiary/aromatic N) is 2. The van der Waals surface area contributed by atoms with Crippen molar-refractivity contribution in [1.29, 1.82) is 0 Å². The van der Waals surface area contributed by atoms with E-state index in [2.05, 4.69) is 10.4 Å². The summed E-state index contributed by atoms with van der Waals surface area (Å²) >= 11 is 0. The molecule has 0 aliphatic carbocycles. The molecule has 0 radical (unpaired) electrons. The van der Waals surface area contributed by atoms with Gasteiger partial charge in [-0.25, -0.2) is 4.39 Å². The van der Waals surface area contributed by atoms with Crippen LogP contribution in [-0.2, 0) is 13.5 Å². The predicted octanol–water partition coefficient (Wildman–Crippen LogP) is 2.06. The summed E-state index contributed by atoms with van der Waals surface area (Å²) in [5.74, 6) is -0.171. The van der Waals surface area contributed by atoms with E-state index in [4.69, 9.17) is 0 Å². The first-order chi connectivity index (χ1) is 8.20. The van der Waals surface area contributed by atoms with Crippen LogP contribution in [0.5, 0.6) is 0 Å². The zero-order chi connectivity index (χ0) is 12.3. The van der Waals surface area contributed by atoms with E-state index in [1.54, 1.807) is 10.7 Å². The number of nitrogens with one attached hydrogen (secondary N) is 1. The number of hydrogen-bond donors (Lipinski definition) is 1. The highest BCUT2D eigenvalue weighted by atomic mass is 19.1. The van der Waals surface area contributed by atoms with Crippen molar-refractivity contribution >= 4 is 0 Å². The standard InChI is InChI=1S/C13H16FN3/c1-15-13(7-10-8-16-17(2)9-10)11-5-3-4-6-12(11)14/h3-6,8-9,13,15H,7H2,1-2H3. The Kier molecular flexibility index (Phi) is 3.54. The van der Waals surface area contributed by atoms with E-state index >= 15 is 0 Å². The molecule has 1 N–H and O–H groups in total. The molecule has 4 heteroatoms. The van der Waals surface area contributed by atoms with E-state index in [9.17, 15) is 4.39 Å². The lowest BCUT2D eigenvalue weighted by molar-refractivity contribution is 0.534. The van der Waals surface area contributed by atoms with Gasteiger partial charge in [0.05, 0.1) is 6.20 Å². The van der Waals surface area contributed by atoms with Gasteiger partial charge in [-0.2, -0.15) is 5.10 Å². The Morgan fingerprint density at radius 3 is 2.76 bits per heavy atom. The van der Waals surface area contributed by atoms with Crippen molar-refractivity contribution < 1.29 is 4.39 Å². The van der Waals surface area contributed by atoms with Gasteiger partial charge in [-0.05, 0) is 25.1 Å². The third kappa shape index (κ3) is 2.71. The summed E-state index contributed by atoms with van der Waals surface area (Å²) in [7, 11) is 3.72. The summed E-state index contributed by atoms with van der Waals surface area (Å²) in [5.41, 5.74) is 1.79. The maximum atomic E-state index is 13.7. The number of aryl methyl sites for hydroxylation is 1. The molecule has 1 unspecified atom stereocenters. The van der Waals surface area contributed by atoms with E-state index in [0.29, 0.717) is 5.56 Å². The number of rotatable bonds is 4. The topological polar surface area (TPSA) is 29.9 Å². The van der Waals surface area contributed by atoms with Gasteiger partial charge in [0.15, 0.2) is 0 Å². The Bertz CT molecular complexity index is 493. The molecule has 0 spiro atoms. The molecule has 0 fully saturated rings. The van der Waals surface area contributed by atoms with Crippen molar-refractivity contribution in [2.45, 2.75) is 12.5 Å². The summed E-state index contributed by atoms with van der Waals surface area (Å²) in [6, 6.07) is 6.83. The minimum Gasteiger partial charge on any atom is -0.313 e. The molecule has 3 nitrogen and oxygen atoms in total. The molecule has 2 rings (SSSR count). The number of halogens is 1. The van der Waals surface area contributed by atoms with Gasteiger partial charge < -0.3 is 5.32 Å². The smallest absolute Gasteiger partial charge is 0.127 e. The number of aromatic nitrogens is 2. The van der Waals surface area contributed by atoms with Crippen LogP contribution in [0.2, 0.25) is 0 Å². The van der Waals surface area contributed by atoms with Gasteiger partial charge in [-0.15, -0.1) is 0 Å². The maximum Gasteiger partial charge on any atom is 0.127 e. The summed E-state index contributed by atoms with van der Waals surface area (Å²) in [5, 5.41) is 7.26. The van der Waals surface area contributed by atoms with Crippen LogP contribution in [0.1, 0.15) is 17.2 Å². The molecule has 1 aromatic heterocycles. The van der Waals surface area contributed by atoms with Gasteiger partial charge in [0.25, 0.3) is 0 Å². The van der Waals surface area contributed by atoms with Gasteiger partial charge in [0, 0.05) is 24.8 Å².